The lowest BCUT2D eigenvalue weighted by Crippen LogP contribution is -2.55. The van der Waals surface area contributed by atoms with Crippen molar-refractivity contribution in [3.05, 3.63) is 46.9 Å². The Morgan fingerprint density at radius 3 is 2.32 bits per heavy atom. The van der Waals surface area contributed by atoms with Crippen molar-refractivity contribution in [1.82, 2.24) is 10.3 Å². The van der Waals surface area contributed by atoms with Crippen molar-refractivity contribution >= 4 is 33.3 Å². The van der Waals surface area contributed by atoms with Crippen LogP contribution < -0.4 is 20.1 Å². The predicted octanol–water partition coefficient (Wildman–Crippen LogP) is 4.01. The molecule has 8 nitrogen and oxygen atoms in total. The Morgan fingerprint density at radius 2 is 1.81 bits per heavy atom. The van der Waals surface area contributed by atoms with Crippen LogP contribution in [0.4, 0.5) is 23.4 Å². The van der Waals surface area contributed by atoms with Crippen molar-refractivity contribution in [2.45, 2.75) is 74.3 Å². The number of nitrogens with zero attached hydrogens (tertiary/aromatic N) is 2. The molecule has 2 saturated heterocycles. The number of carbonyl (C=O) groups is 1. The summed E-state index contributed by atoms with van der Waals surface area (Å²) < 4.78 is 82.4. The standard InChI is InChI=1S/C23H25ClF4N4O4S/c1-22(2,36-20-17(23(26,27)28)7-12(25)8-18(20)24)21(33)31-13-9-14-3-4-15(10-13)32(14)19-6-5-16(11-30-19)37(29,34)35/h5-8,11,13-15H,3-4,9-10H2,1-2H3,(H,31,33)(H2,29,34,35). The van der Waals surface area contributed by atoms with Crippen molar-refractivity contribution in [3.8, 4) is 5.75 Å². The Balaban J connectivity index is 1.46. The minimum absolute atomic E-state index is 0.0179. The first-order chi connectivity index (χ1) is 17.1. The number of benzene rings is 1. The van der Waals surface area contributed by atoms with Crippen LogP contribution in [0.2, 0.25) is 5.02 Å². The fraction of sp³-hybridized carbons (Fsp3) is 0.478. The van der Waals surface area contributed by atoms with E-state index in [4.69, 9.17) is 21.5 Å². The highest BCUT2D eigenvalue weighted by molar-refractivity contribution is 7.89. The first-order valence-corrected chi connectivity index (χ1v) is 13.3. The molecule has 1 amide bonds. The van der Waals surface area contributed by atoms with Gasteiger partial charge in [0, 0.05) is 24.3 Å². The number of pyridine rings is 1. The summed E-state index contributed by atoms with van der Waals surface area (Å²) in [6, 6.07) is 3.70. The normalized spacial score (nSPS) is 22.2. The number of piperidine rings is 1. The summed E-state index contributed by atoms with van der Waals surface area (Å²) in [7, 11) is -3.87. The first-order valence-electron chi connectivity index (χ1n) is 11.4. The van der Waals surface area contributed by atoms with Crippen LogP contribution in [0.5, 0.6) is 5.75 Å². The minimum atomic E-state index is -4.94. The molecule has 3 N–H and O–H groups in total. The van der Waals surface area contributed by atoms with Gasteiger partial charge in [0.25, 0.3) is 5.91 Å². The smallest absolute Gasteiger partial charge is 0.420 e. The van der Waals surface area contributed by atoms with E-state index in [0.717, 1.165) is 12.8 Å². The maximum atomic E-state index is 13.6. The first kappa shape index (κ1) is 27.4. The summed E-state index contributed by atoms with van der Waals surface area (Å²) in [4.78, 5) is 19.3. The van der Waals surface area contributed by atoms with Gasteiger partial charge in [0.2, 0.25) is 10.0 Å². The molecule has 2 unspecified atom stereocenters. The van der Waals surface area contributed by atoms with Gasteiger partial charge in [-0.2, -0.15) is 13.2 Å². The number of hydrogen-bond donors (Lipinski definition) is 2. The van der Waals surface area contributed by atoms with E-state index in [-0.39, 0.29) is 29.1 Å². The number of halogens is 5. The second-order valence-corrected chi connectivity index (χ2v) is 11.7. The number of rotatable bonds is 6. The van der Waals surface area contributed by atoms with Crippen LogP contribution >= 0.6 is 11.6 Å². The molecule has 0 spiro atoms. The number of nitrogens with one attached hydrogen (secondary N) is 1. The molecule has 1 aromatic heterocycles. The number of ether oxygens (including phenoxy) is 1. The third-order valence-electron chi connectivity index (χ3n) is 6.60. The number of aromatic nitrogens is 1. The number of sulfonamides is 1. The van der Waals surface area contributed by atoms with E-state index < -0.39 is 49.9 Å². The maximum Gasteiger partial charge on any atom is 0.420 e. The number of nitrogens with two attached hydrogens (primary N) is 1. The summed E-state index contributed by atoms with van der Waals surface area (Å²) in [6.07, 6.45) is -0.997. The number of anilines is 1. The second-order valence-electron chi connectivity index (χ2n) is 9.71. The molecule has 1 aromatic carbocycles. The molecule has 14 heteroatoms. The lowest BCUT2D eigenvalue weighted by molar-refractivity contribution is -0.144. The largest absolute Gasteiger partial charge is 0.476 e. The van der Waals surface area contributed by atoms with Gasteiger partial charge in [-0.05, 0) is 63.8 Å². The van der Waals surface area contributed by atoms with E-state index in [2.05, 4.69) is 15.2 Å². The van der Waals surface area contributed by atoms with Gasteiger partial charge < -0.3 is 15.0 Å². The van der Waals surface area contributed by atoms with Crippen molar-refractivity contribution in [3.63, 3.8) is 0 Å². The highest BCUT2D eigenvalue weighted by Gasteiger charge is 2.44. The Bertz CT molecular complexity index is 1290. The summed E-state index contributed by atoms with van der Waals surface area (Å²) in [5, 5.41) is 7.40. The number of amides is 1. The molecule has 2 aromatic rings. The Morgan fingerprint density at radius 1 is 1.19 bits per heavy atom. The number of hydrogen-bond acceptors (Lipinski definition) is 6. The van der Waals surface area contributed by atoms with Crippen molar-refractivity contribution in [2.75, 3.05) is 4.90 Å². The third kappa shape index (κ3) is 5.78. The number of carbonyl (C=O) groups excluding carboxylic acids is 1. The van der Waals surface area contributed by atoms with E-state index >= 15 is 0 Å². The molecule has 2 atom stereocenters. The van der Waals surface area contributed by atoms with E-state index in [1.54, 1.807) is 6.07 Å². The summed E-state index contributed by atoms with van der Waals surface area (Å²) in [5.41, 5.74) is -3.16. The molecular weight excluding hydrogens is 540 g/mol. The van der Waals surface area contributed by atoms with Crippen molar-refractivity contribution in [2.24, 2.45) is 5.14 Å². The van der Waals surface area contributed by atoms with Gasteiger partial charge in [-0.15, -0.1) is 0 Å². The molecule has 2 aliphatic rings. The zero-order valence-electron chi connectivity index (χ0n) is 19.9. The van der Waals surface area contributed by atoms with Gasteiger partial charge in [-0.3, -0.25) is 4.79 Å². The van der Waals surface area contributed by atoms with Crippen LogP contribution in [0.3, 0.4) is 0 Å². The Hall–Kier alpha value is -2.64. The maximum absolute atomic E-state index is 13.6. The molecule has 37 heavy (non-hydrogen) atoms. The molecular formula is C23H25ClF4N4O4S. The Kier molecular flexibility index (Phi) is 7.10. The van der Waals surface area contributed by atoms with Crippen LogP contribution in [-0.2, 0) is 21.0 Å². The second kappa shape index (κ2) is 9.59. The zero-order valence-corrected chi connectivity index (χ0v) is 21.4. The molecule has 4 rings (SSSR count). The molecule has 0 saturated carbocycles. The predicted molar refractivity (Wildman–Crippen MR) is 127 cm³/mol. The number of primary sulfonamides is 1. The van der Waals surface area contributed by atoms with Gasteiger partial charge in [0.15, 0.2) is 11.4 Å². The van der Waals surface area contributed by atoms with Gasteiger partial charge in [0.05, 0.1) is 5.02 Å². The Labute approximate surface area is 216 Å². The lowest BCUT2D eigenvalue weighted by atomic mass is 9.96. The summed E-state index contributed by atoms with van der Waals surface area (Å²) >= 11 is 5.85. The SMILES string of the molecule is CC(C)(Oc1c(Cl)cc(F)cc1C(F)(F)F)C(=O)NC1CC2CCC(C1)N2c1ccc(S(N)(=O)=O)cn1. The van der Waals surface area contributed by atoms with Crippen LogP contribution in [0.15, 0.2) is 35.4 Å². The molecule has 0 aliphatic carbocycles. The molecule has 202 valence electrons. The van der Waals surface area contributed by atoms with E-state index in [0.29, 0.717) is 24.7 Å². The van der Waals surface area contributed by atoms with Crippen LogP contribution in [-0.4, -0.2) is 43.0 Å². The highest BCUT2D eigenvalue weighted by atomic mass is 35.5. The highest BCUT2D eigenvalue weighted by Crippen LogP contribution is 2.43. The molecule has 3 heterocycles. The van der Waals surface area contributed by atoms with Crippen molar-refractivity contribution in [1.29, 1.82) is 0 Å². The lowest BCUT2D eigenvalue weighted by Gasteiger charge is -2.41. The van der Waals surface area contributed by atoms with Crippen LogP contribution in [0, 0.1) is 5.82 Å². The van der Waals surface area contributed by atoms with E-state index in [1.165, 1.54) is 26.1 Å². The van der Waals surface area contributed by atoms with Crippen molar-refractivity contribution < 1.29 is 35.5 Å². The molecule has 2 bridgehead atoms. The average Bonchev–Trinajstić information content (AvgIpc) is 3.04. The third-order valence-corrected chi connectivity index (χ3v) is 7.78. The average molecular weight is 565 g/mol. The summed E-state index contributed by atoms with van der Waals surface area (Å²) in [6.45, 7) is 2.62. The zero-order chi connectivity index (χ0) is 27.3. The molecule has 2 aliphatic heterocycles. The van der Waals surface area contributed by atoms with Crippen LogP contribution in [0.1, 0.15) is 45.1 Å². The van der Waals surface area contributed by atoms with Gasteiger partial charge in [0.1, 0.15) is 22.1 Å². The topological polar surface area (TPSA) is 115 Å². The fourth-order valence-electron chi connectivity index (χ4n) is 4.90. The number of fused-ring (bicyclic) bond motifs is 2. The fourth-order valence-corrected chi connectivity index (χ4v) is 5.60. The van der Waals surface area contributed by atoms with Gasteiger partial charge in [-0.25, -0.2) is 22.9 Å². The summed E-state index contributed by atoms with van der Waals surface area (Å²) in [5.74, 6) is -2.05. The van der Waals surface area contributed by atoms with Crippen LogP contribution in [0.25, 0.3) is 0 Å². The van der Waals surface area contributed by atoms with Gasteiger partial charge >= 0.3 is 6.18 Å². The molecule has 0 radical (unpaired) electrons. The minimum Gasteiger partial charge on any atom is -0.476 e. The number of alkyl halides is 3. The van der Waals surface area contributed by atoms with E-state index in [1.807, 2.05) is 0 Å². The monoisotopic (exact) mass is 564 g/mol. The van der Waals surface area contributed by atoms with Gasteiger partial charge in [-0.1, -0.05) is 11.6 Å². The quantitative estimate of drug-likeness (QED) is 0.512. The molecule has 2 fully saturated rings. The van der Waals surface area contributed by atoms with E-state index in [9.17, 15) is 30.8 Å².